The largest absolute Gasteiger partial charge is 0.287 e. The minimum atomic E-state index is -3.23. The summed E-state index contributed by atoms with van der Waals surface area (Å²) in [6.07, 6.45) is 0. The molecule has 0 aliphatic rings. The number of nitrogens with one attached hydrogen (secondary N) is 1. The summed E-state index contributed by atoms with van der Waals surface area (Å²) in [5.74, 6) is -3.23. The first kappa shape index (κ1) is 18.8. The van der Waals surface area contributed by atoms with Crippen molar-refractivity contribution in [2.75, 3.05) is 0 Å². The molecule has 0 atom stereocenters. The number of H-pyrrole nitrogens is 1. The number of hydrogen-bond donors (Lipinski definition) is 1. The Labute approximate surface area is 168 Å². The summed E-state index contributed by atoms with van der Waals surface area (Å²) in [5.41, 5.74) is 1.09. The van der Waals surface area contributed by atoms with Crippen LogP contribution in [0.1, 0.15) is 18.2 Å². The lowest BCUT2D eigenvalue weighted by atomic mass is 10.0. The highest BCUT2D eigenvalue weighted by Gasteiger charge is 2.33. The third-order valence-corrected chi connectivity index (χ3v) is 4.75. The number of nitrogens with zero attached hydrogens (tertiary/aromatic N) is 3. The van der Waals surface area contributed by atoms with E-state index in [1.807, 2.05) is 6.07 Å². The van der Waals surface area contributed by atoms with Gasteiger partial charge in [0.2, 0.25) is 0 Å². The molecule has 0 fully saturated rings. The van der Waals surface area contributed by atoms with E-state index in [9.17, 15) is 13.6 Å². The molecule has 2 heterocycles. The Morgan fingerprint density at radius 3 is 2.31 bits per heavy atom. The molecule has 4 aromatic rings. The fourth-order valence-electron chi connectivity index (χ4n) is 3.11. The van der Waals surface area contributed by atoms with Crippen LogP contribution < -0.4 is 5.56 Å². The topological polar surface area (TPSA) is 73.9 Å². The number of fused-ring (bicyclic) bond motifs is 1. The van der Waals surface area contributed by atoms with Gasteiger partial charge in [-0.2, -0.15) is 14.0 Å². The summed E-state index contributed by atoms with van der Waals surface area (Å²) < 4.78 is 29.7. The highest BCUT2D eigenvalue weighted by molar-refractivity contribution is 6.30. The number of nitriles is 1. The van der Waals surface area contributed by atoms with Gasteiger partial charge in [-0.15, -0.1) is 0 Å². The van der Waals surface area contributed by atoms with Crippen LogP contribution in [-0.2, 0) is 5.92 Å². The van der Waals surface area contributed by atoms with Crippen molar-refractivity contribution in [3.05, 3.63) is 81.2 Å². The van der Waals surface area contributed by atoms with Gasteiger partial charge < -0.3 is 0 Å². The minimum Gasteiger partial charge on any atom is -0.287 e. The molecule has 0 saturated heterocycles. The molecule has 0 aliphatic carbocycles. The van der Waals surface area contributed by atoms with Crippen LogP contribution in [0.25, 0.3) is 28.0 Å². The van der Waals surface area contributed by atoms with Crippen LogP contribution in [0.2, 0.25) is 5.02 Å². The Morgan fingerprint density at radius 1 is 1.10 bits per heavy atom. The van der Waals surface area contributed by atoms with Crippen molar-refractivity contribution < 1.29 is 8.78 Å². The second-order valence-corrected chi connectivity index (χ2v) is 7.02. The molecule has 0 spiro atoms. The molecule has 5 nitrogen and oxygen atoms in total. The molecule has 0 radical (unpaired) electrons. The zero-order valence-corrected chi connectivity index (χ0v) is 15.8. The van der Waals surface area contributed by atoms with Crippen molar-refractivity contribution >= 4 is 17.2 Å². The molecule has 4 rings (SSSR count). The van der Waals surface area contributed by atoms with Gasteiger partial charge in [0.25, 0.3) is 11.5 Å². The summed E-state index contributed by atoms with van der Waals surface area (Å²) in [5, 5.41) is 11.9. The van der Waals surface area contributed by atoms with Crippen molar-refractivity contribution in [1.29, 1.82) is 5.26 Å². The Kier molecular flexibility index (Phi) is 4.44. The summed E-state index contributed by atoms with van der Waals surface area (Å²) in [4.78, 5) is 17.1. The van der Waals surface area contributed by atoms with Crippen LogP contribution in [-0.4, -0.2) is 14.6 Å². The van der Waals surface area contributed by atoms with Crippen LogP contribution in [0.3, 0.4) is 0 Å². The van der Waals surface area contributed by atoms with Gasteiger partial charge in [-0.1, -0.05) is 35.9 Å². The fraction of sp³-hybridized carbons (Fsp3) is 0.0952. The van der Waals surface area contributed by atoms with Crippen LogP contribution in [0.5, 0.6) is 0 Å². The molecule has 2 aromatic heterocycles. The first-order chi connectivity index (χ1) is 13.8. The molecule has 0 bridgehead atoms. The molecule has 0 amide bonds. The minimum absolute atomic E-state index is 0.0794. The lowest BCUT2D eigenvalue weighted by molar-refractivity contribution is 0.0131. The summed E-state index contributed by atoms with van der Waals surface area (Å²) in [6, 6.07) is 16.1. The molecular formula is C21H13ClF2N4O. The monoisotopic (exact) mass is 410 g/mol. The Morgan fingerprint density at radius 2 is 1.72 bits per heavy atom. The molecule has 0 aliphatic heterocycles. The van der Waals surface area contributed by atoms with Gasteiger partial charge in [-0.05, 0) is 29.8 Å². The highest BCUT2D eigenvalue weighted by Crippen LogP contribution is 2.37. The molecule has 8 heteroatoms. The molecule has 0 saturated carbocycles. The lowest BCUT2D eigenvalue weighted by Gasteiger charge is -2.10. The smallest absolute Gasteiger partial charge is 0.287 e. The normalized spacial score (nSPS) is 11.6. The highest BCUT2D eigenvalue weighted by atomic mass is 35.5. The maximum atomic E-state index is 14.3. The van der Waals surface area contributed by atoms with Crippen LogP contribution in [0.15, 0.2) is 59.4 Å². The van der Waals surface area contributed by atoms with Gasteiger partial charge in [-0.25, -0.2) is 9.50 Å². The lowest BCUT2D eigenvalue weighted by Crippen LogP contribution is -2.15. The van der Waals surface area contributed by atoms with Crippen molar-refractivity contribution in [1.82, 2.24) is 14.6 Å². The number of halogens is 3. The van der Waals surface area contributed by atoms with Crippen LogP contribution in [0, 0.1) is 11.3 Å². The second-order valence-electron chi connectivity index (χ2n) is 6.58. The average molecular weight is 411 g/mol. The summed E-state index contributed by atoms with van der Waals surface area (Å²) in [7, 11) is 0. The van der Waals surface area contributed by atoms with Gasteiger partial charge >= 0.3 is 0 Å². The Bertz CT molecular complexity index is 1310. The zero-order chi connectivity index (χ0) is 20.8. The van der Waals surface area contributed by atoms with E-state index >= 15 is 0 Å². The third kappa shape index (κ3) is 3.39. The first-order valence-electron chi connectivity index (χ1n) is 8.58. The standard InChI is InChI=1S/C21H13ClF2N4O/c1-21(23,24)19-18(14-6-8-15(22)9-7-14)20-26-16(10-17(29)28(20)27-19)13-4-2-12(11-25)3-5-13/h2-10,27H,1H3. The van der Waals surface area contributed by atoms with Gasteiger partial charge in [0, 0.05) is 23.6 Å². The van der Waals surface area contributed by atoms with Gasteiger partial charge in [0.1, 0.15) is 5.69 Å². The Balaban J connectivity index is 2.02. The second kappa shape index (κ2) is 6.83. The van der Waals surface area contributed by atoms with E-state index in [2.05, 4.69) is 10.1 Å². The molecular weight excluding hydrogens is 398 g/mol. The molecule has 144 valence electrons. The third-order valence-electron chi connectivity index (χ3n) is 4.50. The number of aromatic nitrogens is 3. The van der Waals surface area contributed by atoms with Crippen LogP contribution >= 0.6 is 11.6 Å². The van der Waals surface area contributed by atoms with Gasteiger partial charge in [0.05, 0.1) is 22.9 Å². The number of aromatic amines is 1. The van der Waals surface area contributed by atoms with Crippen LogP contribution in [0.4, 0.5) is 8.78 Å². The van der Waals surface area contributed by atoms with E-state index in [0.717, 1.165) is 11.4 Å². The molecule has 1 N–H and O–H groups in total. The number of hydrogen-bond acceptors (Lipinski definition) is 3. The number of alkyl halides is 2. The van der Waals surface area contributed by atoms with E-state index in [1.165, 1.54) is 6.07 Å². The van der Waals surface area contributed by atoms with E-state index in [-0.39, 0.29) is 11.2 Å². The molecule has 29 heavy (non-hydrogen) atoms. The molecule has 2 aromatic carbocycles. The summed E-state index contributed by atoms with van der Waals surface area (Å²) in [6.45, 7) is 0.754. The first-order valence-corrected chi connectivity index (χ1v) is 8.96. The van der Waals surface area contributed by atoms with Crippen molar-refractivity contribution in [3.63, 3.8) is 0 Å². The number of benzene rings is 2. The SMILES string of the molecule is CC(F)(F)c1[nH]n2c(=O)cc(-c3ccc(C#N)cc3)nc2c1-c1ccc(Cl)cc1. The quantitative estimate of drug-likeness (QED) is 0.517. The predicted molar refractivity (Wildman–Crippen MR) is 106 cm³/mol. The van der Waals surface area contributed by atoms with Crippen molar-refractivity contribution in [3.8, 4) is 28.5 Å². The van der Waals surface area contributed by atoms with E-state index < -0.39 is 17.2 Å². The van der Waals surface area contributed by atoms with E-state index in [4.69, 9.17) is 16.9 Å². The van der Waals surface area contributed by atoms with Crippen molar-refractivity contribution in [2.24, 2.45) is 0 Å². The van der Waals surface area contributed by atoms with Crippen molar-refractivity contribution in [2.45, 2.75) is 12.8 Å². The van der Waals surface area contributed by atoms with Gasteiger partial charge in [0.15, 0.2) is 5.65 Å². The summed E-state index contributed by atoms with van der Waals surface area (Å²) >= 11 is 5.93. The number of rotatable bonds is 3. The van der Waals surface area contributed by atoms with E-state index in [1.54, 1.807) is 48.5 Å². The predicted octanol–water partition coefficient (Wildman–Crippen LogP) is 4.99. The van der Waals surface area contributed by atoms with E-state index in [0.29, 0.717) is 27.4 Å². The maximum absolute atomic E-state index is 14.3. The fourth-order valence-corrected chi connectivity index (χ4v) is 3.23. The van der Waals surface area contributed by atoms with Gasteiger partial charge in [-0.3, -0.25) is 9.89 Å². The molecule has 0 unspecified atom stereocenters. The Hall–Kier alpha value is -3.50. The maximum Gasteiger partial charge on any atom is 0.287 e. The average Bonchev–Trinajstić information content (AvgIpc) is 3.09. The zero-order valence-electron chi connectivity index (χ0n) is 15.1.